The van der Waals surface area contributed by atoms with Gasteiger partial charge in [0.2, 0.25) is 0 Å². The summed E-state index contributed by atoms with van der Waals surface area (Å²) in [6.45, 7) is 8.60. The van der Waals surface area contributed by atoms with Crippen molar-refractivity contribution in [1.82, 2.24) is 4.98 Å². The van der Waals surface area contributed by atoms with Crippen LogP contribution < -0.4 is 0 Å². The van der Waals surface area contributed by atoms with Gasteiger partial charge in [0, 0.05) is 6.42 Å². The Hall–Kier alpha value is -0.790. The molecule has 0 aromatic carbocycles. The predicted octanol–water partition coefficient (Wildman–Crippen LogP) is 2.96. The van der Waals surface area contributed by atoms with Crippen LogP contribution in [0.15, 0.2) is 10.6 Å². The molecule has 1 aromatic heterocycles. The molecule has 0 atom stereocenters. The summed E-state index contributed by atoms with van der Waals surface area (Å²) < 4.78 is 5.37. The highest BCUT2D eigenvalue weighted by molar-refractivity contribution is 4.91. The molecule has 0 spiro atoms. The third-order valence-corrected chi connectivity index (χ3v) is 1.76. The molecule has 0 N–H and O–H groups in total. The zero-order valence-electron chi connectivity index (χ0n) is 8.35. The average molecular weight is 167 g/mol. The number of hydrogen-bond acceptors (Lipinski definition) is 2. The number of aromatic nitrogens is 1. The molecule has 0 radical (unpaired) electrons. The van der Waals surface area contributed by atoms with E-state index < -0.39 is 0 Å². The quantitative estimate of drug-likeness (QED) is 0.676. The van der Waals surface area contributed by atoms with Crippen LogP contribution in [0.5, 0.6) is 0 Å². The van der Waals surface area contributed by atoms with E-state index in [4.69, 9.17) is 4.42 Å². The van der Waals surface area contributed by atoms with Gasteiger partial charge in [-0.3, -0.25) is 0 Å². The van der Waals surface area contributed by atoms with Gasteiger partial charge in [-0.25, -0.2) is 4.98 Å². The largest absolute Gasteiger partial charge is 0.446 e. The highest BCUT2D eigenvalue weighted by Gasteiger charge is 2.11. The van der Waals surface area contributed by atoms with E-state index in [2.05, 4.69) is 25.8 Å². The van der Waals surface area contributed by atoms with Crippen molar-refractivity contribution in [3.63, 3.8) is 0 Å². The molecule has 0 aliphatic rings. The SMILES string of the molecule is Cc1cnc(CCC(C)(C)C)o1. The third-order valence-electron chi connectivity index (χ3n) is 1.76. The monoisotopic (exact) mass is 167 g/mol. The molecule has 1 rings (SSSR count). The van der Waals surface area contributed by atoms with Crippen LogP contribution in [0.25, 0.3) is 0 Å². The molecule has 0 saturated carbocycles. The van der Waals surface area contributed by atoms with Crippen LogP contribution >= 0.6 is 0 Å². The van der Waals surface area contributed by atoms with E-state index in [0.717, 1.165) is 24.5 Å². The molecule has 0 saturated heterocycles. The van der Waals surface area contributed by atoms with E-state index in [1.807, 2.05) is 6.92 Å². The van der Waals surface area contributed by atoms with Gasteiger partial charge in [0.1, 0.15) is 5.76 Å². The smallest absolute Gasteiger partial charge is 0.194 e. The summed E-state index contributed by atoms with van der Waals surface area (Å²) in [5, 5.41) is 0. The maximum Gasteiger partial charge on any atom is 0.194 e. The molecule has 2 heteroatoms. The van der Waals surface area contributed by atoms with E-state index >= 15 is 0 Å². The zero-order chi connectivity index (χ0) is 9.19. The molecule has 0 aliphatic heterocycles. The topological polar surface area (TPSA) is 26.0 Å². The van der Waals surface area contributed by atoms with Crippen molar-refractivity contribution in [2.24, 2.45) is 5.41 Å². The summed E-state index contributed by atoms with van der Waals surface area (Å²) in [6.07, 6.45) is 3.84. The molecule has 0 bridgehead atoms. The van der Waals surface area contributed by atoms with Crippen LogP contribution in [0.3, 0.4) is 0 Å². The van der Waals surface area contributed by atoms with Crippen LogP contribution in [0.1, 0.15) is 38.8 Å². The first kappa shape index (κ1) is 9.30. The highest BCUT2D eigenvalue weighted by Crippen LogP contribution is 2.21. The Balaban J connectivity index is 2.44. The van der Waals surface area contributed by atoms with Gasteiger partial charge >= 0.3 is 0 Å². The number of hydrogen-bond donors (Lipinski definition) is 0. The molecule has 68 valence electrons. The van der Waals surface area contributed by atoms with E-state index in [0.29, 0.717) is 5.41 Å². The molecule has 1 aromatic rings. The van der Waals surface area contributed by atoms with E-state index in [9.17, 15) is 0 Å². The van der Waals surface area contributed by atoms with Gasteiger partial charge in [-0.2, -0.15) is 0 Å². The van der Waals surface area contributed by atoms with Gasteiger partial charge in [0.05, 0.1) is 6.20 Å². The average Bonchev–Trinajstić information content (AvgIpc) is 2.30. The normalized spacial score (nSPS) is 12.0. The summed E-state index contributed by atoms with van der Waals surface area (Å²) in [5.74, 6) is 1.77. The van der Waals surface area contributed by atoms with Crippen molar-refractivity contribution in [3.8, 4) is 0 Å². The van der Waals surface area contributed by atoms with Crippen LogP contribution in [0.4, 0.5) is 0 Å². The minimum atomic E-state index is 0.363. The van der Waals surface area contributed by atoms with Crippen molar-refractivity contribution in [1.29, 1.82) is 0 Å². The van der Waals surface area contributed by atoms with E-state index in [-0.39, 0.29) is 0 Å². The fourth-order valence-electron chi connectivity index (χ4n) is 0.999. The Morgan fingerprint density at radius 1 is 1.42 bits per heavy atom. The lowest BCUT2D eigenvalue weighted by molar-refractivity contribution is 0.352. The van der Waals surface area contributed by atoms with Gasteiger partial charge < -0.3 is 4.42 Å². The van der Waals surface area contributed by atoms with Gasteiger partial charge in [-0.05, 0) is 18.8 Å². The van der Waals surface area contributed by atoms with Crippen molar-refractivity contribution in [2.45, 2.75) is 40.5 Å². The molecule has 1 heterocycles. The summed E-state index contributed by atoms with van der Waals surface area (Å²) >= 11 is 0. The number of oxazole rings is 1. The van der Waals surface area contributed by atoms with Gasteiger partial charge in [-0.15, -0.1) is 0 Å². The zero-order valence-corrected chi connectivity index (χ0v) is 8.35. The lowest BCUT2D eigenvalue weighted by atomic mass is 9.91. The first-order valence-corrected chi connectivity index (χ1v) is 4.39. The van der Waals surface area contributed by atoms with Crippen LogP contribution in [-0.2, 0) is 6.42 Å². The maximum absolute atomic E-state index is 5.37. The van der Waals surface area contributed by atoms with Crippen molar-refractivity contribution >= 4 is 0 Å². The minimum absolute atomic E-state index is 0.363. The summed E-state index contributed by atoms with van der Waals surface area (Å²) in [4.78, 5) is 4.15. The lowest BCUT2D eigenvalue weighted by Crippen LogP contribution is -2.06. The summed E-state index contributed by atoms with van der Waals surface area (Å²) in [7, 11) is 0. The summed E-state index contributed by atoms with van der Waals surface area (Å²) in [6, 6.07) is 0. The second-order valence-corrected chi connectivity index (χ2v) is 4.43. The van der Waals surface area contributed by atoms with Gasteiger partial charge in [0.15, 0.2) is 5.89 Å². The fraction of sp³-hybridized carbons (Fsp3) is 0.700. The standard InChI is InChI=1S/C10H17NO/c1-8-7-11-9(12-8)5-6-10(2,3)4/h7H,5-6H2,1-4H3. The second kappa shape index (κ2) is 3.30. The van der Waals surface area contributed by atoms with Crippen molar-refractivity contribution in [2.75, 3.05) is 0 Å². The van der Waals surface area contributed by atoms with Gasteiger partial charge in [-0.1, -0.05) is 20.8 Å². The van der Waals surface area contributed by atoms with Crippen LogP contribution in [0, 0.1) is 12.3 Å². The molecule has 0 fully saturated rings. The minimum Gasteiger partial charge on any atom is -0.446 e. The lowest BCUT2D eigenvalue weighted by Gasteiger charge is -2.15. The molecule has 0 amide bonds. The van der Waals surface area contributed by atoms with Crippen LogP contribution in [-0.4, -0.2) is 4.98 Å². The molecule has 2 nitrogen and oxygen atoms in total. The molecular weight excluding hydrogens is 150 g/mol. The maximum atomic E-state index is 5.37. The Bertz CT molecular complexity index is 245. The van der Waals surface area contributed by atoms with Gasteiger partial charge in [0.25, 0.3) is 0 Å². The highest BCUT2D eigenvalue weighted by atomic mass is 16.3. The van der Waals surface area contributed by atoms with Crippen molar-refractivity contribution in [3.05, 3.63) is 17.8 Å². The van der Waals surface area contributed by atoms with E-state index in [1.54, 1.807) is 6.20 Å². The second-order valence-electron chi connectivity index (χ2n) is 4.43. The molecular formula is C10H17NO. The first-order chi connectivity index (χ1) is 5.47. The Morgan fingerprint density at radius 3 is 2.50 bits per heavy atom. The Labute approximate surface area is 74.0 Å². The predicted molar refractivity (Wildman–Crippen MR) is 49.0 cm³/mol. The number of nitrogens with zero attached hydrogens (tertiary/aromatic N) is 1. The van der Waals surface area contributed by atoms with Crippen LogP contribution in [0.2, 0.25) is 0 Å². The molecule has 0 unspecified atom stereocenters. The number of aryl methyl sites for hydroxylation is 2. The number of rotatable bonds is 2. The fourth-order valence-corrected chi connectivity index (χ4v) is 0.999. The Morgan fingerprint density at radius 2 is 2.08 bits per heavy atom. The Kier molecular flexibility index (Phi) is 2.55. The summed E-state index contributed by atoms with van der Waals surface area (Å²) in [5.41, 5.74) is 0.363. The van der Waals surface area contributed by atoms with Crippen molar-refractivity contribution < 1.29 is 4.42 Å². The molecule has 12 heavy (non-hydrogen) atoms. The van der Waals surface area contributed by atoms with E-state index in [1.165, 1.54) is 0 Å². The molecule has 0 aliphatic carbocycles. The third kappa shape index (κ3) is 3.07. The first-order valence-electron chi connectivity index (χ1n) is 4.39.